The lowest BCUT2D eigenvalue weighted by molar-refractivity contribution is -0.139. The highest BCUT2D eigenvalue weighted by atomic mass is 16.5. The van der Waals surface area contributed by atoms with E-state index in [2.05, 4.69) is 15.5 Å². The molecule has 1 aliphatic rings. The number of carbonyl (C=O) groups excluding carboxylic acids is 1. The Labute approximate surface area is 118 Å². The van der Waals surface area contributed by atoms with Crippen molar-refractivity contribution in [3.63, 3.8) is 0 Å². The highest BCUT2D eigenvalue weighted by Crippen LogP contribution is 2.01. The van der Waals surface area contributed by atoms with Gasteiger partial charge < -0.3 is 30.1 Å². The number of morpholine rings is 1. The van der Waals surface area contributed by atoms with Crippen LogP contribution in [0, 0.1) is 0 Å². The Bertz CT molecular complexity index is 326. The van der Waals surface area contributed by atoms with E-state index in [4.69, 9.17) is 14.6 Å². The summed E-state index contributed by atoms with van der Waals surface area (Å²) in [4.78, 5) is 24.7. The standard InChI is InChI=1S/C12H23N3O5/c1-15-4-6-20-9(8-15)7-13-12(18)14-10(11(16)17)3-5-19-2/h9-10H,3-8H2,1-2H3,(H,16,17)(H2,13,14,18). The van der Waals surface area contributed by atoms with Crippen LogP contribution in [-0.2, 0) is 14.3 Å². The number of urea groups is 1. The summed E-state index contributed by atoms with van der Waals surface area (Å²) in [5.74, 6) is -1.08. The largest absolute Gasteiger partial charge is 0.480 e. The molecule has 20 heavy (non-hydrogen) atoms. The maximum atomic E-state index is 11.6. The van der Waals surface area contributed by atoms with Gasteiger partial charge >= 0.3 is 12.0 Å². The summed E-state index contributed by atoms with van der Waals surface area (Å²) in [5, 5.41) is 14.0. The Morgan fingerprint density at radius 3 is 2.90 bits per heavy atom. The average Bonchev–Trinajstić information content (AvgIpc) is 2.41. The minimum Gasteiger partial charge on any atom is -0.480 e. The molecule has 8 heteroatoms. The van der Waals surface area contributed by atoms with Crippen LogP contribution in [0.5, 0.6) is 0 Å². The smallest absolute Gasteiger partial charge is 0.326 e. The van der Waals surface area contributed by atoms with Crippen molar-refractivity contribution in [1.29, 1.82) is 0 Å². The number of carboxylic acids is 1. The van der Waals surface area contributed by atoms with Crippen LogP contribution in [0.15, 0.2) is 0 Å². The molecule has 0 bridgehead atoms. The van der Waals surface area contributed by atoms with Crippen molar-refractivity contribution < 1.29 is 24.2 Å². The molecule has 0 aromatic heterocycles. The molecule has 0 radical (unpaired) electrons. The number of ether oxygens (including phenoxy) is 2. The third-order valence-corrected chi connectivity index (χ3v) is 3.05. The third-order valence-electron chi connectivity index (χ3n) is 3.05. The molecule has 0 spiro atoms. The summed E-state index contributed by atoms with van der Waals surface area (Å²) in [6.07, 6.45) is 0.156. The number of likely N-dealkylation sites (N-methyl/N-ethyl adjacent to an activating group) is 1. The molecule has 0 aromatic carbocycles. The van der Waals surface area contributed by atoms with Crippen LogP contribution in [0.4, 0.5) is 4.79 Å². The fraction of sp³-hybridized carbons (Fsp3) is 0.833. The molecule has 1 rings (SSSR count). The molecular formula is C12H23N3O5. The molecule has 1 fully saturated rings. The van der Waals surface area contributed by atoms with E-state index >= 15 is 0 Å². The van der Waals surface area contributed by atoms with Crippen molar-refractivity contribution in [2.45, 2.75) is 18.6 Å². The summed E-state index contributed by atoms with van der Waals surface area (Å²) in [6, 6.07) is -1.46. The van der Waals surface area contributed by atoms with Gasteiger partial charge in [0.15, 0.2) is 0 Å². The minimum atomic E-state index is -1.08. The molecular weight excluding hydrogens is 266 g/mol. The Balaban J connectivity index is 2.28. The number of methoxy groups -OCH3 is 1. The number of hydrogen-bond donors (Lipinski definition) is 3. The summed E-state index contributed by atoms with van der Waals surface area (Å²) in [7, 11) is 3.47. The van der Waals surface area contributed by atoms with Gasteiger partial charge in [-0.1, -0.05) is 0 Å². The van der Waals surface area contributed by atoms with Gasteiger partial charge in [-0.25, -0.2) is 9.59 Å². The lowest BCUT2D eigenvalue weighted by atomic mass is 10.2. The molecule has 116 valence electrons. The molecule has 1 saturated heterocycles. The molecule has 1 heterocycles. The highest BCUT2D eigenvalue weighted by Gasteiger charge is 2.21. The van der Waals surface area contributed by atoms with Crippen LogP contribution in [0.1, 0.15) is 6.42 Å². The molecule has 0 aromatic rings. The molecule has 1 aliphatic heterocycles. The van der Waals surface area contributed by atoms with E-state index in [0.29, 0.717) is 13.2 Å². The Morgan fingerprint density at radius 2 is 2.30 bits per heavy atom. The van der Waals surface area contributed by atoms with Gasteiger partial charge in [-0.2, -0.15) is 0 Å². The molecule has 2 unspecified atom stereocenters. The Morgan fingerprint density at radius 1 is 1.55 bits per heavy atom. The van der Waals surface area contributed by atoms with E-state index in [1.165, 1.54) is 7.11 Å². The van der Waals surface area contributed by atoms with Crippen LogP contribution in [0.25, 0.3) is 0 Å². The number of carboxylic acid groups (broad SMARTS) is 1. The average molecular weight is 289 g/mol. The Kier molecular flexibility index (Phi) is 7.27. The molecule has 3 N–H and O–H groups in total. The first-order chi connectivity index (χ1) is 9.52. The zero-order chi connectivity index (χ0) is 15.0. The summed E-state index contributed by atoms with van der Waals surface area (Å²) in [5.41, 5.74) is 0. The second kappa shape index (κ2) is 8.72. The van der Waals surface area contributed by atoms with Crippen molar-refractivity contribution in [1.82, 2.24) is 15.5 Å². The first-order valence-electron chi connectivity index (χ1n) is 6.59. The van der Waals surface area contributed by atoms with E-state index in [-0.39, 0.29) is 19.1 Å². The van der Waals surface area contributed by atoms with E-state index in [9.17, 15) is 9.59 Å². The van der Waals surface area contributed by atoms with Crippen LogP contribution in [-0.4, -0.2) is 81.2 Å². The fourth-order valence-electron chi connectivity index (χ4n) is 1.90. The SMILES string of the molecule is COCCC(NC(=O)NCC1CN(C)CCO1)C(=O)O. The van der Waals surface area contributed by atoms with Crippen molar-refractivity contribution >= 4 is 12.0 Å². The minimum absolute atomic E-state index is 0.0678. The molecule has 2 amide bonds. The number of hydrogen-bond acceptors (Lipinski definition) is 5. The zero-order valence-corrected chi connectivity index (χ0v) is 11.9. The number of rotatable bonds is 7. The summed E-state index contributed by atoms with van der Waals surface area (Å²) < 4.78 is 10.3. The normalized spacial score (nSPS) is 21.2. The Hall–Kier alpha value is -1.38. The lowest BCUT2D eigenvalue weighted by Gasteiger charge is -2.30. The number of amides is 2. The van der Waals surface area contributed by atoms with Crippen LogP contribution >= 0.6 is 0 Å². The van der Waals surface area contributed by atoms with Crippen molar-refractivity contribution in [3.05, 3.63) is 0 Å². The van der Waals surface area contributed by atoms with Gasteiger partial charge in [0, 0.05) is 39.8 Å². The number of nitrogens with zero attached hydrogens (tertiary/aromatic N) is 1. The topological polar surface area (TPSA) is 100 Å². The van der Waals surface area contributed by atoms with E-state index < -0.39 is 18.0 Å². The molecule has 8 nitrogen and oxygen atoms in total. The number of carbonyl (C=O) groups is 2. The maximum Gasteiger partial charge on any atom is 0.326 e. The molecule has 0 aliphatic carbocycles. The second-order valence-corrected chi connectivity index (χ2v) is 4.78. The van der Waals surface area contributed by atoms with Crippen LogP contribution in [0.3, 0.4) is 0 Å². The highest BCUT2D eigenvalue weighted by molar-refractivity contribution is 5.82. The maximum absolute atomic E-state index is 11.6. The van der Waals surface area contributed by atoms with E-state index in [1.54, 1.807) is 0 Å². The van der Waals surface area contributed by atoms with Gasteiger partial charge in [-0.05, 0) is 7.05 Å². The van der Waals surface area contributed by atoms with Gasteiger partial charge in [0.05, 0.1) is 12.7 Å². The molecule has 0 saturated carbocycles. The first kappa shape index (κ1) is 16.7. The third kappa shape index (κ3) is 6.18. The van der Waals surface area contributed by atoms with Gasteiger partial charge in [-0.15, -0.1) is 0 Å². The van der Waals surface area contributed by atoms with Gasteiger partial charge in [0.25, 0.3) is 0 Å². The van der Waals surface area contributed by atoms with Gasteiger partial charge in [0.2, 0.25) is 0 Å². The fourth-order valence-corrected chi connectivity index (χ4v) is 1.90. The predicted molar refractivity (Wildman–Crippen MR) is 71.7 cm³/mol. The lowest BCUT2D eigenvalue weighted by Crippen LogP contribution is -2.51. The van der Waals surface area contributed by atoms with Crippen molar-refractivity contribution in [2.75, 3.05) is 47.0 Å². The van der Waals surface area contributed by atoms with E-state index in [0.717, 1.165) is 13.1 Å². The molecule has 2 atom stereocenters. The summed E-state index contributed by atoms with van der Waals surface area (Å²) in [6.45, 7) is 2.88. The quantitative estimate of drug-likeness (QED) is 0.562. The summed E-state index contributed by atoms with van der Waals surface area (Å²) >= 11 is 0. The van der Waals surface area contributed by atoms with E-state index in [1.807, 2.05) is 7.05 Å². The predicted octanol–water partition coefficient (Wildman–Crippen LogP) is -0.894. The second-order valence-electron chi connectivity index (χ2n) is 4.78. The van der Waals surface area contributed by atoms with Gasteiger partial charge in [0.1, 0.15) is 6.04 Å². The monoisotopic (exact) mass is 289 g/mol. The van der Waals surface area contributed by atoms with Crippen LogP contribution in [0.2, 0.25) is 0 Å². The number of nitrogens with one attached hydrogen (secondary N) is 2. The van der Waals surface area contributed by atoms with Crippen molar-refractivity contribution in [2.24, 2.45) is 0 Å². The van der Waals surface area contributed by atoms with Crippen LogP contribution < -0.4 is 10.6 Å². The number of aliphatic carboxylic acids is 1. The van der Waals surface area contributed by atoms with Crippen molar-refractivity contribution in [3.8, 4) is 0 Å². The first-order valence-corrected chi connectivity index (χ1v) is 6.59. The zero-order valence-electron chi connectivity index (χ0n) is 11.9. The van der Waals surface area contributed by atoms with Gasteiger partial charge in [-0.3, -0.25) is 0 Å².